The highest BCUT2D eigenvalue weighted by atomic mass is 16.6. The molecule has 7 atom stereocenters. The molecule has 200 valence electrons. The first-order valence-corrected chi connectivity index (χ1v) is 13.8. The molecule has 5 rings (SSSR count). The second-order valence-corrected chi connectivity index (χ2v) is 11.9. The van der Waals surface area contributed by atoms with Gasteiger partial charge in [0.2, 0.25) is 0 Å². The number of hydrogen-bond donors (Lipinski definition) is 2. The van der Waals surface area contributed by atoms with Crippen molar-refractivity contribution >= 4 is 17.6 Å². The number of aliphatic hydroxyl groups is 1. The molecule has 0 aliphatic heterocycles. The molecule has 4 aliphatic rings. The summed E-state index contributed by atoms with van der Waals surface area (Å²) in [4.78, 5) is 30.2. The van der Waals surface area contributed by atoms with E-state index in [4.69, 9.17) is 9.57 Å². The fourth-order valence-electron chi connectivity index (χ4n) is 8.03. The van der Waals surface area contributed by atoms with Gasteiger partial charge in [-0.15, -0.1) is 0 Å². The number of esters is 1. The fraction of sp³-hybridized carbons (Fsp3) is 0.633. The summed E-state index contributed by atoms with van der Waals surface area (Å²) in [6.07, 6.45) is 10.6. The summed E-state index contributed by atoms with van der Waals surface area (Å²) in [6.45, 7) is 4.49. The van der Waals surface area contributed by atoms with Gasteiger partial charge in [0, 0.05) is 0 Å². The maximum Gasteiger partial charge on any atom is 0.333 e. The summed E-state index contributed by atoms with van der Waals surface area (Å²) < 4.78 is 4.86. The monoisotopic (exact) mass is 508 g/mol. The minimum Gasteiger partial charge on any atom is -0.467 e. The van der Waals surface area contributed by atoms with Gasteiger partial charge in [0.15, 0.2) is 12.6 Å². The highest BCUT2D eigenvalue weighted by molar-refractivity contribution is 5.96. The number of carbonyl (C=O) groups is 2. The number of hydrogen-bond acceptors (Lipinski definition) is 6. The molecule has 0 spiro atoms. The lowest BCUT2D eigenvalue weighted by atomic mass is 9.47. The van der Waals surface area contributed by atoms with Crippen LogP contribution in [0.15, 0.2) is 47.1 Å². The number of benzene rings is 1. The maximum absolute atomic E-state index is 12.5. The first kappa shape index (κ1) is 26.0. The quantitative estimate of drug-likeness (QED) is 0.428. The summed E-state index contributed by atoms with van der Waals surface area (Å²) in [6, 6.07) is 8.11. The van der Waals surface area contributed by atoms with Crippen LogP contribution in [0.1, 0.15) is 76.8 Å². The fourth-order valence-corrected chi connectivity index (χ4v) is 8.03. The van der Waals surface area contributed by atoms with E-state index in [0.717, 1.165) is 44.2 Å². The maximum atomic E-state index is 12.5. The average molecular weight is 509 g/mol. The Morgan fingerprint density at radius 3 is 2.62 bits per heavy atom. The first-order chi connectivity index (χ1) is 17.8. The van der Waals surface area contributed by atoms with Gasteiger partial charge in [0.05, 0.1) is 18.9 Å². The summed E-state index contributed by atoms with van der Waals surface area (Å²) in [5.74, 6) is 1.04. The third-order valence-electron chi connectivity index (χ3n) is 10.2. The molecule has 0 radical (unpaired) electrons. The van der Waals surface area contributed by atoms with Crippen LogP contribution in [0, 0.1) is 28.6 Å². The van der Waals surface area contributed by atoms with E-state index in [9.17, 15) is 14.7 Å². The van der Waals surface area contributed by atoms with Crippen LogP contribution in [-0.4, -0.2) is 42.5 Å². The van der Waals surface area contributed by atoms with E-state index >= 15 is 0 Å². The Hall–Kier alpha value is -2.67. The largest absolute Gasteiger partial charge is 0.467 e. The van der Waals surface area contributed by atoms with Crippen molar-refractivity contribution in [3.8, 4) is 0 Å². The van der Waals surface area contributed by atoms with Crippen molar-refractivity contribution in [1.82, 2.24) is 5.32 Å². The van der Waals surface area contributed by atoms with Crippen LogP contribution in [-0.2, 0) is 19.2 Å². The normalized spacial score (nSPS) is 36.4. The molecule has 0 heterocycles. The third kappa shape index (κ3) is 4.71. The van der Waals surface area contributed by atoms with Gasteiger partial charge >= 0.3 is 5.97 Å². The van der Waals surface area contributed by atoms with Gasteiger partial charge < -0.3 is 20.0 Å². The van der Waals surface area contributed by atoms with E-state index in [-0.39, 0.29) is 23.5 Å². The van der Waals surface area contributed by atoms with Crippen LogP contribution in [0.4, 0.5) is 0 Å². The average Bonchev–Trinajstić information content (AvgIpc) is 3.21. The van der Waals surface area contributed by atoms with Crippen LogP contribution in [0.25, 0.3) is 0 Å². The Kier molecular flexibility index (Phi) is 7.18. The van der Waals surface area contributed by atoms with Gasteiger partial charge in [-0.25, -0.2) is 4.79 Å². The number of ether oxygens (including phenoxy) is 1. The number of nitrogens with zero attached hydrogens (tertiary/aromatic N) is 1. The highest BCUT2D eigenvalue weighted by Crippen LogP contribution is 2.65. The van der Waals surface area contributed by atoms with Crippen LogP contribution in [0.2, 0.25) is 0 Å². The van der Waals surface area contributed by atoms with Crippen LogP contribution < -0.4 is 5.32 Å². The summed E-state index contributed by atoms with van der Waals surface area (Å²) in [7, 11) is 1.30. The number of methoxy groups -OCH3 is 1. The van der Waals surface area contributed by atoms with Crippen molar-refractivity contribution in [3.63, 3.8) is 0 Å². The number of aliphatic hydroxyl groups excluding tert-OH is 1. The van der Waals surface area contributed by atoms with Crippen molar-refractivity contribution in [2.24, 2.45) is 33.7 Å². The zero-order valence-corrected chi connectivity index (χ0v) is 22.2. The van der Waals surface area contributed by atoms with E-state index in [1.165, 1.54) is 25.5 Å². The SMILES string of the molecule is COC(=O)[C@H](NC(=O)CON=C1C=C2CC[C@@H]3[C@@H](CC[C@]4(C)[C@H](O)CC[C@@H]34)[C@@]2(C)CC1)c1ccccc1. The molecule has 7 nitrogen and oxygen atoms in total. The summed E-state index contributed by atoms with van der Waals surface area (Å²) in [5.41, 5.74) is 3.27. The van der Waals surface area contributed by atoms with E-state index in [0.29, 0.717) is 23.3 Å². The lowest BCUT2D eigenvalue weighted by molar-refractivity contribution is -0.145. The standard InChI is InChI=1S/C30H40N2O5/c1-29-15-13-21(32-37-18-26(34)31-27(28(35)36-3)19-7-5-4-6-8-19)17-20(29)9-10-22-23-11-12-25(33)30(23,2)16-14-24(22)29/h4-8,17,22-25,27,33H,9-16,18H2,1-3H3,(H,31,34)/t22-,23-,24+,25+,27+,29-,30-/m0/s1. The predicted molar refractivity (Wildman–Crippen MR) is 140 cm³/mol. The molecule has 1 aromatic carbocycles. The number of allylic oxidation sites excluding steroid dienone is 2. The molecule has 4 aliphatic carbocycles. The number of fused-ring (bicyclic) bond motifs is 5. The number of rotatable bonds is 6. The minimum atomic E-state index is -0.888. The lowest BCUT2D eigenvalue weighted by Gasteiger charge is -2.57. The van der Waals surface area contributed by atoms with Crippen molar-refractivity contribution in [2.75, 3.05) is 13.7 Å². The van der Waals surface area contributed by atoms with Crippen molar-refractivity contribution in [1.29, 1.82) is 0 Å². The second-order valence-electron chi connectivity index (χ2n) is 11.9. The van der Waals surface area contributed by atoms with E-state index < -0.39 is 17.9 Å². The Morgan fingerprint density at radius 1 is 1.08 bits per heavy atom. The summed E-state index contributed by atoms with van der Waals surface area (Å²) in [5, 5.41) is 17.7. The number of oxime groups is 1. The van der Waals surface area contributed by atoms with Gasteiger partial charge in [-0.3, -0.25) is 4.79 Å². The van der Waals surface area contributed by atoms with Gasteiger partial charge in [0.1, 0.15) is 0 Å². The second kappa shape index (κ2) is 10.2. The van der Waals surface area contributed by atoms with E-state index in [2.05, 4.69) is 30.4 Å². The molecule has 1 aromatic rings. The Balaban J connectivity index is 1.21. The molecule has 37 heavy (non-hydrogen) atoms. The minimum absolute atomic E-state index is 0.0990. The van der Waals surface area contributed by atoms with Gasteiger partial charge in [-0.1, -0.05) is 54.9 Å². The zero-order valence-electron chi connectivity index (χ0n) is 22.2. The highest BCUT2D eigenvalue weighted by Gasteiger charge is 2.58. The molecule has 0 bridgehead atoms. The molecule has 0 saturated heterocycles. The first-order valence-electron chi connectivity index (χ1n) is 13.8. The number of nitrogens with one attached hydrogen (secondary N) is 1. The molecule has 3 fully saturated rings. The van der Waals surface area contributed by atoms with Crippen LogP contribution >= 0.6 is 0 Å². The smallest absolute Gasteiger partial charge is 0.333 e. The molecule has 0 aromatic heterocycles. The Bertz CT molecular complexity index is 1080. The molecular formula is C30H40N2O5. The van der Waals surface area contributed by atoms with Gasteiger partial charge in [0.25, 0.3) is 5.91 Å². The molecular weight excluding hydrogens is 468 g/mol. The van der Waals surface area contributed by atoms with Crippen LogP contribution in [0.5, 0.6) is 0 Å². The lowest BCUT2D eigenvalue weighted by Crippen LogP contribution is -2.51. The van der Waals surface area contributed by atoms with Gasteiger partial charge in [-0.2, -0.15) is 0 Å². The number of carbonyl (C=O) groups excluding carboxylic acids is 2. The topological polar surface area (TPSA) is 97.2 Å². The van der Waals surface area contributed by atoms with Crippen molar-refractivity contribution in [3.05, 3.63) is 47.5 Å². The van der Waals surface area contributed by atoms with Gasteiger partial charge in [-0.05, 0) is 91.6 Å². The molecule has 3 saturated carbocycles. The van der Waals surface area contributed by atoms with Crippen molar-refractivity contribution in [2.45, 2.75) is 77.4 Å². The van der Waals surface area contributed by atoms with E-state index in [1.54, 1.807) is 24.3 Å². The number of amides is 1. The molecule has 2 N–H and O–H groups in total. The van der Waals surface area contributed by atoms with Crippen LogP contribution in [0.3, 0.4) is 0 Å². The molecule has 1 amide bonds. The third-order valence-corrected chi connectivity index (χ3v) is 10.2. The molecule has 7 heteroatoms. The molecule has 0 unspecified atom stereocenters. The Morgan fingerprint density at radius 2 is 1.86 bits per heavy atom. The van der Waals surface area contributed by atoms with E-state index in [1.807, 2.05) is 6.07 Å². The Labute approximate surface area is 219 Å². The van der Waals surface area contributed by atoms with Crippen molar-refractivity contribution < 1.29 is 24.3 Å². The predicted octanol–water partition coefficient (Wildman–Crippen LogP) is 4.71. The zero-order chi connectivity index (χ0) is 26.2. The summed E-state index contributed by atoms with van der Waals surface area (Å²) >= 11 is 0.